The van der Waals surface area contributed by atoms with Crippen molar-refractivity contribution in [2.45, 2.75) is 11.0 Å². The minimum absolute atomic E-state index is 0.0818. The average Bonchev–Trinajstić information content (AvgIpc) is 2.37. The number of benzene rings is 1. The first kappa shape index (κ1) is 16.8. The number of hydrogen-bond donors (Lipinski definition) is 0. The Hall–Kier alpha value is 0.440. The molecule has 0 amide bonds. The van der Waals surface area contributed by atoms with Gasteiger partial charge in [0.1, 0.15) is 4.90 Å². The van der Waals surface area contributed by atoms with E-state index in [9.17, 15) is 8.42 Å². The van der Waals surface area contributed by atoms with Gasteiger partial charge < -0.3 is 4.74 Å². The van der Waals surface area contributed by atoms with Gasteiger partial charge in [0, 0.05) is 23.4 Å². The fourth-order valence-electron chi connectivity index (χ4n) is 1.91. The first-order valence-electron chi connectivity index (χ1n) is 5.68. The van der Waals surface area contributed by atoms with Gasteiger partial charge in [0.15, 0.2) is 0 Å². The molecule has 1 aliphatic rings. The molecule has 1 aliphatic heterocycles. The zero-order valence-corrected chi connectivity index (χ0v) is 14.8. The van der Waals surface area contributed by atoms with Gasteiger partial charge >= 0.3 is 0 Å². The molecule has 0 spiro atoms. The summed E-state index contributed by atoms with van der Waals surface area (Å²) in [6.45, 7) is 0.732. The van der Waals surface area contributed by atoms with Crippen LogP contribution in [-0.2, 0) is 14.8 Å². The topological polar surface area (TPSA) is 46.6 Å². The second-order valence-corrected chi connectivity index (χ2v) is 8.12. The summed E-state index contributed by atoms with van der Waals surface area (Å²) in [5, 5.41) is 0.164. The summed E-state index contributed by atoms with van der Waals surface area (Å²) in [6.07, 6.45) is -0.326. The SMILES string of the molecule is O=S(=O)(c1c(Cl)cc(Br)cc1Cl)N1CCOC(CCl)C1. The Labute approximate surface area is 141 Å². The summed E-state index contributed by atoms with van der Waals surface area (Å²) in [6, 6.07) is 3.00. The lowest BCUT2D eigenvalue weighted by Gasteiger charge is -2.31. The molecular weight excluding hydrogens is 412 g/mol. The Morgan fingerprint density at radius 1 is 1.35 bits per heavy atom. The van der Waals surface area contributed by atoms with Crippen LogP contribution in [0.1, 0.15) is 0 Å². The second-order valence-electron chi connectivity index (χ2n) is 4.21. The lowest BCUT2D eigenvalue weighted by atomic mass is 10.3. The van der Waals surface area contributed by atoms with Gasteiger partial charge in [0.2, 0.25) is 10.0 Å². The maximum absolute atomic E-state index is 12.6. The van der Waals surface area contributed by atoms with Crippen molar-refractivity contribution in [3.63, 3.8) is 0 Å². The molecule has 1 fully saturated rings. The Morgan fingerprint density at radius 3 is 2.50 bits per heavy atom. The van der Waals surface area contributed by atoms with Crippen LogP contribution in [-0.4, -0.2) is 44.4 Å². The maximum Gasteiger partial charge on any atom is 0.246 e. The molecule has 1 unspecified atom stereocenters. The Balaban J connectivity index is 2.40. The van der Waals surface area contributed by atoms with Crippen molar-refractivity contribution in [3.05, 3.63) is 26.7 Å². The van der Waals surface area contributed by atoms with Crippen LogP contribution >= 0.6 is 50.7 Å². The number of ether oxygens (including phenoxy) is 1. The van der Waals surface area contributed by atoms with Crippen molar-refractivity contribution in [1.82, 2.24) is 4.31 Å². The van der Waals surface area contributed by atoms with E-state index in [2.05, 4.69) is 15.9 Å². The largest absolute Gasteiger partial charge is 0.374 e. The van der Waals surface area contributed by atoms with Gasteiger partial charge in [-0.05, 0) is 12.1 Å². The number of sulfonamides is 1. The minimum atomic E-state index is -3.77. The third-order valence-corrected chi connectivity index (χ3v) is 6.42. The molecule has 1 aromatic carbocycles. The Kier molecular flexibility index (Phi) is 5.62. The molecule has 0 saturated carbocycles. The van der Waals surface area contributed by atoms with Crippen molar-refractivity contribution in [2.75, 3.05) is 25.6 Å². The fourth-order valence-corrected chi connectivity index (χ4v) is 5.43. The fraction of sp³-hybridized carbons (Fsp3) is 0.455. The molecule has 112 valence electrons. The molecular formula is C11H11BrCl3NO3S. The van der Waals surface area contributed by atoms with Gasteiger partial charge in [0.25, 0.3) is 0 Å². The van der Waals surface area contributed by atoms with Crippen molar-refractivity contribution < 1.29 is 13.2 Å². The molecule has 0 bridgehead atoms. The van der Waals surface area contributed by atoms with Gasteiger partial charge in [-0.1, -0.05) is 39.1 Å². The van der Waals surface area contributed by atoms with Crippen LogP contribution in [0.2, 0.25) is 10.0 Å². The highest BCUT2D eigenvalue weighted by Gasteiger charge is 2.33. The van der Waals surface area contributed by atoms with Crippen molar-refractivity contribution in [1.29, 1.82) is 0 Å². The van der Waals surface area contributed by atoms with Gasteiger partial charge in [-0.25, -0.2) is 8.42 Å². The van der Waals surface area contributed by atoms with E-state index in [0.29, 0.717) is 11.1 Å². The molecule has 0 radical (unpaired) electrons. The molecule has 1 aromatic rings. The summed E-state index contributed by atoms with van der Waals surface area (Å²) in [5.74, 6) is 0.230. The molecule has 0 N–H and O–H groups in total. The van der Waals surface area contributed by atoms with Crippen LogP contribution < -0.4 is 0 Å². The number of halogens is 4. The van der Waals surface area contributed by atoms with Crippen LogP contribution in [0.3, 0.4) is 0 Å². The van der Waals surface area contributed by atoms with Crippen LogP contribution in [0.4, 0.5) is 0 Å². The zero-order chi connectivity index (χ0) is 14.9. The molecule has 2 rings (SSSR count). The molecule has 0 aliphatic carbocycles. The van der Waals surface area contributed by atoms with E-state index in [-0.39, 0.29) is 40.0 Å². The summed E-state index contributed by atoms with van der Waals surface area (Å²) in [4.78, 5) is -0.0840. The highest BCUT2D eigenvalue weighted by molar-refractivity contribution is 9.10. The third kappa shape index (κ3) is 3.43. The standard InChI is InChI=1S/C11H11BrCl3NO3S/c12-7-3-9(14)11(10(15)4-7)20(17,18)16-1-2-19-8(5-13)6-16/h3-4,8H,1-2,5-6H2. The van der Waals surface area contributed by atoms with Crippen molar-refractivity contribution >= 4 is 60.8 Å². The maximum atomic E-state index is 12.6. The average molecular weight is 424 g/mol. The van der Waals surface area contributed by atoms with E-state index < -0.39 is 10.0 Å². The Bertz CT molecular complexity index is 588. The first-order chi connectivity index (χ1) is 9.36. The zero-order valence-electron chi connectivity index (χ0n) is 10.2. The van der Waals surface area contributed by atoms with Gasteiger partial charge in [-0.3, -0.25) is 0 Å². The molecule has 1 saturated heterocycles. The highest BCUT2D eigenvalue weighted by Crippen LogP contribution is 2.35. The summed E-state index contributed by atoms with van der Waals surface area (Å²) >= 11 is 21.0. The lowest BCUT2D eigenvalue weighted by Crippen LogP contribution is -2.46. The molecule has 20 heavy (non-hydrogen) atoms. The van der Waals surface area contributed by atoms with Crippen LogP contribution in [0.5, 0.6) is 0 Å². The van der Waals surface area contributed by atoms with Crippen molar-refractivity contribution in [2.24, 2.45) is 0 Å². The van der Waals surface area contributed by atoms with E-state index in [0.717, 1.165) is 0 Å². The number of nitrogens with zero attached hydrogens (tertiary/aromatic N) is 1. The van der Waals surface area contributed by atoms with E-state index in [1.807, 2.05) is 0 Å². The predicted molar refractivity (Wildman–Crippen MR) is 83.4 cm³/mol. The molecule has 1 atom stereocenters. The van der Waals surface area contributed by atoms with E-state index >= 15 is 0 Å². The molecule has 0 aromatic heterocycles. The first-order valence-corrected chi connectivity index (χ1v) is 9.21. The van der Waals surface area contributed by atoms with E-state index in [4.69, 9.17) is 39.5 Å². The van der Waals surface area contributed by atoms with E-state index in [1.165, 1.54) is 16.4 Å². The van der Waals surface area contributed by atoms with Crippen LogP contribution in [0, 0.1) is 0 Å². The van der Waals surface area contributed by atoms with Gasteiger partial charge in [-0.15, -0.1) is 11.6 Å². The summed E-state index contributed by atoms with van der Waals surface area (Å²) < 4.78 is 32.6. The number of morpholine rings is 1. The normalized spacial score (nSPS) is 21.1. The van der Waals surface area contributed by atoms with Crippen LogP contribution in [0.15, 0.2) is 21.5 Å². The number of hydrogen-bond acceptors (Lipinski definition) is 3. The predicted octanol–water partition coefficient (Wildman–Crippen LogP) is 3.38. The molecule has 9 heteroatoms. The number of rotatable bonds is 3. The van der Waals surface area contributed by atoms with Crippen molar-refractivity contribution in [3.8, 4) is 0 Å². The highest BCUT2D eigenvalue weighted by atomic mass is 79.9. The third-order valence-electron chi connectivity index (χ3n) is 2.83. The van der Waals surface area contributed by atoms with Gasteiger partial charge in [0.05, 0.1) is 22.8 Å². The second kappa shape index (κ2) is 6.69. The summed E-state index contributed by atoms with van der Waals surface area (Å²) in [7, 11) is -3.77. The number of alkyl halides is 1. The Morgan fingerprint density at radius 2 is 1.95 bits per heavy atom. The van der Waals surface area contributed by atoms with E-state index in [1.54, 1.807) is 0 Å². The molecule has 1 heterocycles. The molecule has 4 nitrogen and oxygen atoms in total. The lowest BCUT2D eigenvalue weighted by molar-refractivity contribution is 0.0122. The van der Waals surface area contributed by atoms with Crippen LogP contribution in [0.25, 0.3) is 0 Å². The van der Waals surface area contributed by atoms with Gasteiger partial charge in [-0.2, -0.15) is 4.31 Å². The monoisotopic (exact) mass is 421 g/mol. The minimum Gasteiger partial charge on any atom is -0.374 e. The quantitative estimate of drug-likeness (QED) is 0.701. The summed E-state index contributed by atoms with van der Waals surface area (Å²) in [5.41, 5.74) is 0. The smallest absolute Gasteiger partial charge is 0.246 e.